The molecule has 5 heterocycles. The molecule has 212 valence electrons. The normalized spacial score (nSPS) is 25.3. The molecule has 0 bridgehead atoms. The van der Waals surface area contributed by atoms with Crippen molar-refractivity contribution in [1.82, 2.24) is 25.3 Å². The highest BCUT2D eigenvalue weighted by Gasteiger charge is 2.62. The van der Waals surface area contributed by atoms with Crippen molar-refractivity contribution in [3.8, 4) is 16.9 Å². The molecule has 3 amide bonds. The molecule has 2 N–H and O–H groups in total. The number of ether oxygens (including phenoxy) is 1. The van der Waals surface area contributed by atoms with E-state index in [4.69, 9.17) is 4.74 Å². The van der Waals surface area contributed by atoms with Crippen LogP contribution in [0.3, 0.4) is 0 Å². The Bertz CT molecular complexity index is 1600. The van der Waals surface area contributed by atoms with Crippen molar-refractivity contribution in [3.05, 3.63) is 70.5 Å². The SMILES string of the molecule is Cc1n[nH]cc1-c1cccc(CN2CC[C@]3(COc4c3ccc3c4CN([C@H]4CCC(=O)NC4=O)C3=O)C(F)(F)C2)c1. The van der Waals surface area contributed by atoms with E-state index in [0.29, 0.717) is 35.5 Å². The third kappa shape index (κ3) is 3.97. The van der Waals surface area contributed by atoms with Gasteiger partial charge in [-0.1, -0.05) is 24.3 Å². The second-order valence-electron chi connectivity index (χ2n) is 11.5. The van der Waals surface area contributed by atoms with E-state index in [-0.39, 0.29) is 44.2 Å². The number of aromatic amines is 1. The van der Waals surface area contributed by atoms with Crippen LogP contribution in [0.15, 0.2) is 42.6 Å². The Labute approximate surface area is 234 Å². The number of nitrogens with zero attached hydrogens (tertiary/aromatic N) is 3. The van der Waals surface area contributed by atoms with Crippen LogP contribution in [0.4, 0.5) is 8.78 Å². The minimum atomic E-state index is -3.07. The molecule has 0 aliphatic carbocycles. The fraction of sp³-hybridized carbons (Fsp3) is 0.400. The molecule has 2 fully saturated rings. The highest BCUT2D eigenvalue weighted by Crippen LogP contribution is 2.55. The molecule has 2 saturated heterocycles. The molecule has 3 aromatic rings. The summed E-state index contributed by atoms with van der Waals surface area (Å²) in [6.45, 7) is 2.28. The summed E-state index contributed by atoms with van der Waals surface area (Å²) in [6, 6.07) is 10.3. The lowest BCUT2D eigenvalue weighted by molar-refractivity contribution is -0.137. The molecule has 4 aliphatic heterocycles. The van der Waals surface area contributed by atoms with Crippen molar-refractivity contribution in [2.75, 3.05) is 19.7 Å². The first-order valence-corrected chi connectivity index (χ1v) is 13.8. The number of alkyl halides is 2. The maximum absolute atomic E-state index is 16.1. The zero-order valence-corrected chi connectivity index (χ0v) is 22.5. The molecule has 1 aromatic heterocycles. The minimum absolute atomic E-state index is 0.0872. The zero-order chi connectivity index (χ0) is 28.5. The van der Waals surface area contributed by atoms with Crippen LogP contribution in [0.25, 0.3) is 11.1 Å². The molecule has 11 heteroatoms. The van der Waals surface area contributed by atoms with Crippen molar-refractivity contribution in [2.45, 2.75) is 56.7 Å². The molecular formula is C30H29F2N5O4. The van der Waals surface area contributed by atoms with E-state index in [1.807, 2.05) is 37.4 Å². The number of nitrogens with one attached hydrogen (secondary N) is 2. The lowest BCUT2D eigenvalue weighted by Crippen LogP contribution is -2.58. The van der Waals surface area contributed by atoms with Gasteiger partial charge in [-0.25, -0.2) is 8.78 Å². The molecular weight excluding hydrogens is 532 g/mol. The summed E-state index contributed by atoms with van der Waals surface area (Å²) in [7, 11) is 0. The maximum Gasteiger partial charge on any atom is 0.273 e. The summed E-state index contributed by atoms with van der Waals surface area (Å²) in [5, 5.41) is 9.33. The predicted molar refractivity (Wildman–Crippen MR) is 143 cm³/mol. The number of imide groups is 1. The van der Waals surface area contributed by atoms with Gasteiger partial charge in [-0.15, -0.1) is 0 Å². The number of fused-ring (bicyclic) bond motifs is 4. The van der Waals surface area contributed by atoms with Crippen LogP contribution in [0, 0.1) is 6.92 Å². The fourth-order valence-corrected chi connectivity index (χ4v) is 6.86. The van der Waals surface area contributed by atoms with Crippen molar-refractivity contribution < 1.29 is 27.9 Å². The molecule has 41 heavy (non-hydrogen) atoms. The van der Waals surface area contributed by atoms with Gasteiger partial charge in [0.05, 0.1) is 24.2 Å². The van der Waals surface area contributed by atoms with Crippen molar-refractivity contribution in [3.63, 3.8) is 0 Å². The van der Waals surface area contributed by atoms with Crippen LogP contribution in [0.2, 0.25) is 0 Å². The van der Waals surface area contributed by atoms with Crippen molar-refractivity contribution in [1.29, 1.82) is 0 Å². The van der Waals surface area contributed by atoms with Crippen molar-refractivity contribution in [2.24, 2.45) is 0 Å². The van der Waals surface area contributed by atoms with E-state index >= 15 is 8.78 Å². The Morgan fingerprint density at radius 3 is 2.76 bits per heavy atom. The smallest absolute Gasteiger partial charge is 0.273 e. The number of benzene rings is 2. The maximum atomic E-state index is 16.1. The molecule has 1 spiro atoms. The quantitative estimate of drug-likeness (QED) is 0.474. The van der Waals surface area contributed by atoms with Gasteiger partial charge in [0.15, 0.2) is 0 Å². The van der Waals surface area contributed by atoms with Crippen LogP contribution in [0.5, 0.6) is 5.75 Å². The van der Waals surface area contributed by atoms with Crippen molar-refractivity contribution >= 4 is 17.7 Å². The fourth-order valence-electron chi connectivity index (χ4n) is 6.86. The number of aryl methyl sites for hydroxylation is 1. The highest BCUT2D eigenvalue weighted by molar-refractivity contribution is 6.05. The van der Waals surface area contributed by atoms with Crippen LogP contribution >= 0.6 is 0 Å². The number of hydrogen-bond donors (Lipinski definition) is 2. The Kier molecular flexibility index (Phi) is 5.79. The molecule has 0 saturated carbocycles. The van der Waals surface area contributed by atoms with Gasteiger partial charge in [0.25, 0.3) is 11.8 Å². The predicted octanol–water partition coefficient (Wildman–Crippen LogP) is 3.32. The average Bonchev–Trinajstić information content (AvgIpc) is 3.63. The van der Waals surface area contributed by atoms with Crippen LogP contribution < -0.4 is 10.1 Å². The first-order chi connectivity index (χ1) is 19.7. The Hall–Kier alpha value is -4.12. The average molecular weight is 562 g/mol. The number of H-pyrrole nitrogens is 1. The van der Waals surface area contributed by atoms with E-state index in [1.165, 1.54) is 4.90 Å². The number of halogens is 2. The lowest BCUT2D eigenvalue weighted by Gasteiger charge is -2.44. The number of carbonyl (C=O) groups excluding carboxylic acids is 3. The number of hydrogen-bond acceptors (Lipinski definition) is 6. The van der Waals surface area contributed by atoms with E-state index in [9.17, 15) is 14.4 Å². The third-order valence-electron chi connectivity index (χ3n) is 9.10. The number of amides is 3. The number of aromatic nitrogens is 2. The van der Waals surface area contributed by atoms with Gasteiger partial charge in [-0.2, -0.15) is 5.10 Å². The van der Waals surface area contributed by atoms with Gasteiger partial charge in [0.1, 0.15) is 18.4 Å². The van der Waals surface area contributed by atoms with E-state index in [0.717, 1.165) is 22.4 Å². The van der Waals surface area contributed by atoms with Gasteiger partial charge in [-0.3, -0.25) is 29.7 Å². The van der Waals surface area contributed by atoms with Gasteiger partial charge >= 0.3 is 0 Å². The number of likely N-dealkylation sites (tertiary alicyclic amines) is 1. The summed E-state index contributed by atoms with van der Waals surface area (Å²) < 4.78 is 38.3. The first-order valence-electron chi connectivity index (χ1n) is 13.8. The van der Waals surface area contributed by atoms with Gasteiger partial charge < -0.3 is 9.64 Å². The summed E-state index contributed by atoms with van der Waals surface area (Å²) in [4.78, 5) is 40.4. The van der Waals surface area contributed by atoms with Crippen LogP contribution in [-0.2, 0) is 28.1 Å². The molecule has 2 aromatic carbocycles. The summed E-state index contributed by atoms with van der Waals surface area (Å²) in [5.74, 6) is -3.97. The largest absolute Gasteiger partial charge is 0.492 e. The summed E-state index contributed by atoms with van der Waals surface area (Å²) >= 11 is 0. The summed E-state index contributed by atoms with van der Waals surface area (Å²) in [5.41, 5.74) is 3.63. The van der Waals surface area contributed by atoms with Gasteiger partial charge in [0.2, 0.25) is 11.8 Å². The second kappa shape index (κ2) is 9.20. The lowest BCUT2D eigenvalue weighted by atomic mass is 9.71. The Morgan fingerprint density at radius 2 is 2.00 bits per heavy atom. The number of rotatable bonds is 4. The molecule has 2 atom stereocenters. The monoisotopic (exact) mass is 561 g/mol. The number of carbonyl (C=O) groups is 3. The molecule has 9 nitrogen and oxygen atoms in total. The standard InChI is InChI=1S/C30H29F2N5O4/c1-17-21(12-33-35-17)19-4-2-3-18(11-19)13-36-10-9-29(30(31,32)15-36)16-41-26-22-14-37(24-7-8-25(38)34-27(24)39)28(40)20(22)5-6-23(26)29/h2-6,11-12,24H,7-10,13-16H2,1H3,(H,33,35)(H,34,38,39)/t24-,29+/m0/s1. The molecule has 4 aliphatic rings. The molecule has 0 unspecified atom stereocenters. The number of piperidine rings is 2. The third-order valence-corrected chi connectivity index (χ3v) is 9.10. The Balaban J connectivity index is 1.12. The second-order valence-corrected chi connectivity index (χ2v) is 11.5. The first kappa shape index (κ1) is 25.8. The van der Waals surface area contributed by atoms with Gasteiger partial charge in [0, 0.05) is 41.4 Å². The van der Waals surface area contributed by atoms with E-state index < -0.39 is 29.8 Å². The van der Waals surface area contributed by atoms with Crippen LogP contribution in [-0.4, -0.2) is 69.4 Å². The van der Waals surface area contributed by atoms with E-state index in [1.54, 1.807) is 17.0 Å². The summed E-state index contributed by atoms with van der Waals surface area (Å²) in [6.07, 6.45) is 2.41. The minimum Gasteiger partial charge on any atom is -0.492 e. The highest BCUT2D eigenvalue weighted by atomic mass is 19.3. The topological polar surface area (TPSA) is 108 Å². The van der Waals surface area contributed by atoms with Crippen LogP contribution in [0.1, 0.15) is 52.0 Å². The van der Waals surface area contributed by atoms with E-state index in [2.05, 4.69) is 15.5 Å². The molecule has 0 radical (unpaired) electrons. The molecule has 7 rings (SSSR count). The zero-order valence-electron chi connectivity index (χ0n) is 22.5. The Morgan fingerprint density at radius 1 is 1.15 bits per heavy atom. The van der Waals surface area contributed by atoms with Gasteiger partial charge in [-0.05, 0) is 49.6 Å².